The summed E-state index contributed by atoms with van der Waals surface area (Å²) >= 11 is 0. The molecule has 0 aliphatic rings. The van der Waals surface area contributed by atoms with E-state index in [0.29, 0.717) is 18.8 Å². The number of furan rings is 1. The molecule has 1 heterocycles. The van der Waals surface area contributed by atoms with E-state index in [1.165, 1.54) is 12.5 Å². The Morgan fingerprint density at radius 1 is 1.29 bits per heavy atom. The Morgan fingerprint density at radius 2 is 2.06 bits per heavy atom. The van der Waals surface area contributed by atoms with Crippen LogP contribution in [0.25, 0.3) is 0 Å². The number of carbonyl (C=O) groups excluding carboxylic acids is 1. The van der Waals surface area contributed by atoms with Crippen molar-refractivity contribution in [2.24, 2.45) is 0 Å². The summed E-state index contributed by atoms with van der Waals surface area (Å²) in [6.45, 7) is 1.77. The van der Waals surface area contributed by atoms with E-state index in [1.807, 2.05) is 0 Å². The Balaban J connectivity index is 2.09. The van der Waals surface area contributed by atoms with Gasteiger partial charge < -0.3 is 9.15 Å². The number of ether oxygens (including phenoxy) is 1. The lowest BCUT2D eigenvalue weighted by atomic mass is 10.1. The highest BCUT2D eigenvalue weighted by Crippen LogP contribution is 2.17. The van der Waals surface area contributed by atoms with Gasteiger partial charge in [-0.3, -0.25) is 10.1 Å². The van der Waals surface area contributed by atoms with Crippen LogP contribution in [-0.4, -0.2) is 18.0 Å². The third-order valence-corrected chi connectivity index (χ3v) is 2.31. The predicted molar refractivity (Wildman–Crippen MR) is 59.2 cm³/mol. The normalized spacial score (nSPS) is 10.1. The van der Waals surface area contributed by atoms with Gasteiger partial charge in [0.2, 0.25) is 0 Å². The van der Waals surface area contributed by atoms with E-state index in [-0.39, 0.29) is 5.88 Å². The van der Waals surface area contributed by atoms with E-state index in [9.17, 15) is 14.9 Å². The van der Waals surface area contributed by atoms with Crippen molar-refractivity contribution in [3.05, 3.63) is 28.0 Å². The molecule has 1 radical (unpaired) electrons. The quantitative estimate of drug-likeness (QED) is 0.376. The number of rotatable bonds is 9. The monoisotopic (exact) mass is 240 g/mol. The molecule has 0 N–H and O–H groups in total. The number of nitrogens with zero attached hydrogens (tertiary/aromatic N) is 1. The first-order valence-corrected chi connectivity index (χ1v) is 5.46. The number of hydrogen-bond donors (Lipinski definition) is 0. The summed E-state index contributed by atoms with van der Waals surface area (Å²) in [4.78, 5) is 19.5. The lowest BCUT2D eigenvalue weighted by Crippen LogP contribution is -1.91. The zero-order valence-electron chi connectivity index (χ0n) is 9.39. The number of hydrogen-bond acceptors (Lipinski definition) is 5. The smallest absolute Gasteiger partial charge is 0.433 e. The summed E-state index contributed by atoms with van der Waals surface area (Å²) in [5.74, 6) is 0.420. The zero-order valence-corrected chi connectivity index (χ0v) is 9.39. The lowest BCUT2D eigenvalue weighted by Gasteiger charge is -1.98. The van der Waals surface area contributed by atoms with Gasteiger partial charge in [-0.15, -0.1) is 0 Å². The summed E-state index contributed by atoms with van der Waals surface area (Å²) in [7, 11) is 0. The molecule has 1 aromatic rings. The lowest BCUT2D eigenvalue weighted by molar-refractivity contribution is -0.402. The minimum Gasteiger partial charge on any atom is -0.457 e. The Kier molecular flexibility index (Phi) is 5.77. The van der Waals surface area contributed by atoms with E-state index in [2.05, 4.69) is 4.74 Å². The number of nitro groups is 1. The Bertz CT molecular complexity index is 360. The molecule has 0 saturated carbocycles. The molecule has 93 valence electrons. The molecule has 1 aromatic heterocycles. The first kappa shape index (κ1) is 13.2. The molecule has 0 spiro atoms. The predicted octanol–water partition coefficient (Wildman–Crippen LogP) is 2.37. The molecule has 0 atom stereocenters. The van der Waals surface area contributed by atoms with Crippen LogP contribution in [0.4, 0.5) is 5.88 Å². The van der Waals surface area contributed by atoms with Gasteiger partial charge in [0.1, 0.15) is 10.7 Å². The second-order valence-electron chi connectivity index (χ2n) is 3.59. The first-order chi connectivity index (χ1) is 8.24. The Hall–Kier alpha value is -1.85. The highest BCUT2D eigenvalue weighted by molar-refractivity contribution is 5.37. The fraction of sp³-hybridized carbons (Fsp3) is 0.545. The van der Waals surface area contributed by atoms with Gasteiger partial charge >= 0.3 is 12.4 Å². The standard InChI is InChI=1S/C11H14NO5/c13-9-16-8-4-2-1-3-5-10-6-7-11(17-10)12(14)15/h6-7H,1-5,8H2. The van der Waals surface area contributed by atoms with Crippen molar-refractivity contribution in [1.29, 1.82) is 0 Å². The summed E-state index contributed by atoms with van der Waals surface area (Å²) in [6.07, 6.45) is 4.32. The van der Waals surface area contributed by atoms with Crippen molar-refractivity contribution in [2.45, 2.75) is 32.1 Å². The molecule has 0 amide bonds. The van der Waals surface area contributed by atoms with Crippen LogP contribution in [0, 0.1) is 10.1 Å². The highest BCUT2D eigenvalue weighted by Gasteiger charge is 2.10. The molecule has 0 aliphatic heterocycles. The topological polar surface area (TPSA) is 82.6 Å². The van der Waals surface area contributed by atoms with E-state index in [4.69, 9.17) is 4.42 Å². The summed E-state index contributed by atoms with van der Waals surface area (Å²) < 4.78 is 9.44. The van der Waals surface area contributed by atoms with Gasteiger partial charge in [0.15, 0.2) is 0 Å². The van der Waals surface area contributed by atoms with Crippen LogP contribution in [0.1, 0.15) is 31.4 Å². The van der Waals surface area contributed by atoms with Crippen molar-refractivity contribution in [3.63, 3.8) is 0 Å². The van der Waals surface area contributed by atoms with Crippen LogP contribution in [-0.2, 0) is 16.0 Å². The van der Waals surface area contributed by atoms with Crippen LogP contribution in [0.3, 0.4) is 0 Å². The van der Waals surface area contributed by atoms with Gasteiger partial charge in [-0.2, -0.15) is 0 Å². The third kappa shape index (κ3) is 5.14. The molecular weight excluding hydrogens is 226 g/mol. The minimum atomic E-state index is -0.545. The molecule has 0 fully saturated rings. The zero-order chi connectivity index (χ0) is 12.5. The fourth-order valence-electron chi connectivity index (χ4n) is 1.47. The average Bonchev–Trinajstić information content (AvgIpc) is 2.77. The van der Waals surface area contributed by atoms with Crippen molar-refractivity contribution in [2.75, 3.05) is 6.61 Å². The van der Waals surface area contributed by atoms with Gasteiger partial charge in [0.05, 0.1) is 12.7 Å². The van der Waals surface area contributed by atoms with E-state index in [0.717, 1.165) is 25.7 Å². The average molecular weight is 240 g/mol. The largest absolute Gasteiger partial charge is 0.457 e. The van der Waals surface area contributed by atoms with Crippen molar-refractivity contribution in [1.82, 2.24) is 0 Å². The molecule has 6 heteroatoms. The maximum atomic E-state index is 10.4. The van der Waals surface area contributed by atoms with Crippen LogP contribution in [0.15, 0.2) is 16.5 Å². The molecule has 0 unspecified atom stereocenters. The van der Waals surface area contributed by atoms with Gasteiger partial charge in [0.25, 0.3) is 0 Å². The maximum absolute atomic E-state index is 10.4. The number of aryl methyl sites for hydroxylation is 1. The van der Waals surface area contributed by atoms with Crippen molar-refractivity contribution < 1.29 is 18.9 Å². The maximum Gasteiger partial charge on any atom is 0.433 e. The van der Waals surface area contributed by atoms with E-state index >= 15 is 0 Å². The fourth-order valence-corrected chi connectivity index (χ4v) is 1.47. The van der Waals surface area contributed by atoms with Crippen molar-refractivity contribution in [3.8, 4) is 0 Å². The molecule has 0 aromatic carbocycles. The molecule has 1 rings (SSSR count). The summed E-state index contributed by atoms with van der Waals surface area (Å²) in [5.41, 5.74) is 0. The first-order valence-electron chi connectivity index (χ1n) is 5.46. The molecular formula is C11H14NO5. The highest BCUT2D eigenvalue weighted by atomic mass is 16.6. The Morgan fingerprint density at radius 3 is 2.71 bits per heavy atom. The van der Waals surface area contributed by atoms with Crippen LogP contribution < -0.4 is 0 Å². The van der Waals surface area contributed by atoms with E-state index in [1.54, 1.807) is 6.07 Å². The van der Waals surface area contributed by atoms with Crippen LogP contribution in [0.2, 0.25) is 0 Å². The second-order valence-corrected chi connectivity index (χ2v) is 3.59. The number of unbranched alkanes of at least 4 members (excludes halogenated alkanes) is 3. The van der Waals surface area contributed by atoms with Gasteiger partial charge in [-0.1, -0.05) is 12.8 Å². The van der Waals surface area contributed by atoms with Gasteiger partial charge in [-0.05, 0) is 18.9 Å². The molecule has 6 nitrogen and oxygen atoms in total. The van der Waals surface area contributed by atoms with E-state index < -0.39 is 4.92 Å². The van der Waals surface area contributed by atoms with Crippen LogP contribution >= 0.6 is 0 Å². The second kappa shape index (κ2) is 7.43. The molecule has 17 heavy (non-hydrogen) atoms. The van der Waals surface area contributed by atoms with Gasteiger partial charge in [0, 0.05) is 6.42 Å². The molecule has 0 saturated heterocycles. The van der Waals surface area contributed by atoms with Crippen molar-refractivity contribution >= 4 is 12.4 Å². The minimum absolute atomic E-state index is 0.213. The molecule has 0 bridgehead atoms. The Labute approximate surface area is 98.7 Å². The SMILES string of the molecule is O=[C]OCCCCCCc1ccc([N+](=O)[O-])o1. The summed E-state index contributed by atoms with van der Waals surface area (Å²) in [5, 5.41) is 10.4. The summed E-state index contributed by atoms with van der Waals surface area (Å²) in [6, 6.07) is 2.99. The van der Waals surface area contributed by atoms with Crippen LogP contribution in [0.5, 0.6) is 0 Å². The van der Waals surface area contributed by atoms with Gasteiger partial charge in [-0.25, -0.2) is 4.79 Å². The molecule has 0 aliphatic carbocycles. The third-order valence-electron chi connectivity index (χ3n) is 2.31.